The minimum absolute atomic E-state index is 0.0412. The zero-order chi connectivity index (χ0) is 18.5. The molecule has 0 spiro atoms. The van der Waals surface area contributed by atoms with E-state index in [2.05, 4.69) is 41.3 Å². The van der Waals surface area contributed by atoms with Crippen LogP contribution < -0.4 is 15.4 Å². The number of guanidine groups is 1. The normalized spacial score (nSPS) is 10.9. The second-order valence-electron chi connectivity index (χ2n) is 5.80. The Hall–Kier alpha value is -2.50. The first-order valence-corrected chi connectivity index (χ1v) is 8.61. The van der Waals surface area contributed by atoms with E-state index in [1.165, 1.54) is 10.5 Å². The predicted molar refractivity (Wildman–Crippen MR) is 103 cm³/mol. The summed E-state index contributed by atoms with van der Waals surface area (Å²) in [6.45, 7) is 7.90. The van der Waals surface area contributed by atoms with Crippen LogP contribution in [0.1, 0.15) is 18.9 Å². The Morgan fingerprint density at radius 1 is 1.36 bits per heavy atom. The molecule has 0 aliphatic heterocycles. The first-order chi connectivity index (χ1) is 12.1. The molecule has 0 radical (unpaired) electrons. The summed E-state index contributed by atoms with van der Waals surface area (Å²) in [5.41, 5.74) is 1.19. The van der Waals surface area contributed by atoms with Gasteiger partial charge in [-0.3, -0.25) is 4.79 Å². The van der Waals surface area contributed by atoms with Crippen LogP contribution in [0.4, 0.5) is 0 Å². The van der Waals surface area contributed by atoms with Crippen molar-refractivity contribution in [2.45, 2.75) is 19.8 Å². The lowest BCUT2D eigenvalue weighted by Crippen LogP contribution is -2.39. The molecule has 0 saturated heterocycles. The molecule has 25 heavy (non-hydrogen) atoms. The molecular formula is C19H30N4O2. The number of carbonyl (C=O) groups excluding carboxylic acids is 1. The third kappa shape index (κ3) is 8.79. The second kappa shape index (κ2) is 11.9. The van der Waals surface area contributed by atoms with Crippen LogP contribution in [0.2, 0.25) is 0 Å². The van der Waals surface area contributed by atoms with Gasteiger partial charge in [-0.1, -0.05) is 25.1 Å². The molecule has 6 nitrogen and oxygen atoms in total. The van der Waals surface area contributed by atoms with E-state index in [9.17, 15) is 4.79 Å². The van der Waals surface area contributed by atoms with Crippen molar-refractivity contribution >= 4 is 11.9 Å². The van der Waals surface area contributed by atoms with Gasteiger partial charge in [0.2, 0.25) is 5.91 Å². The van der Waals surface area contributed by atoms with Crippen molar-refractivity contribution in [1.82, 2.24) is 15.5 Å². The van der Waals surface area contributed by atoms with Crippen LogP contribution >= 0.6 is 0 Å². The zero-order valence-electron chi connectivity index (χ0n) is 15.5. The number of hydrogen-bond donors (Lipinski definition) is 2. The molecule has 0 atom stereocenters. The number of aliphatic imine (C=N–C) groups is 1. The summed E-state index contributed by atoms with van der Waals surface area (Å²) in [4.78, 5) is 17.5. The highest BCUT2D eigenvalue weighted by Crippen LogP contribution is 2.13. The van der Waals surface area contributed by atoms with Crippen LogP contribution in [0, 0.1) is 0 Å². The molecule has 1 amide bonds. The van der Waals surface area contributed by atoms with Crippen molar-refractivity contribution in [3.05, 3.63) is 42.5 Å². The Kier molecular flexibility index (Phi) is 9.82. The van der Waals surface area contributed by atoms with E-state index in [1.807, 2.05) is 12.1 Å². The highest BCUT2D eigenvalue weighted by atomic mass is 16.5. The van der Waals surface area contributed by atoms with Gasteiger partial charge in [-0.25, -0.2) is 4.99 Å². The summed E-state index contributed by atoms with van der Waals surface area (Å²) in [5.74, 6) is 1.46. The molecule has 2 N–H and O–H groups in total. The molecule has 1 aromatic carbocycles. The fourth-order valence-electron chi connectivity index (χ4n) is 1.97. The topological polar surface area (TPSA) is 66.0 Å². The van der Waals surface area contributed by atoms with E-state index < -0.39 is 0 Å². The maximum atomic E-state index is 11.7. The van der Waals surface area contributed by atoms with Crippen LogP contribution in [0.15, 0.2) is 41.9 Å². The van der Waals surface area contributed by atoms with Gasteiger partial charge in [0.05, 0.1) is 6.61 Å². The molecule has 0 heterocycles. The molecule has 0 aliphatic carbocycles. The smallest absolute Gasteiger partial charge is 0.243 e. The van der Waals surface area contributed by atoms with Crippen molar-refractivity contribution in [3.8, 4) is 5.75 Å². The van der Waals surface area contributed by atoms with Crippen LogP contribution in [0.3, 0.4) is 0 Å². The molecule has 0 bridgehead atoms. The second-order valence-corrected chi connectivity index (χ2v) is 5.80. The first kappa shape index (κ1) is 20.5. The van der Waals surface area contributed by atoms with Crippen LogP contribution in [0.5, 0.6) is 5.75 Å². The number of nitrogens with one attached hydrogen (secondary N) is 2. The van der Waals surface area contributed by atoms with Crippen LogP contribution in [0.25, 0.3) is 0 Å². The number of ether oxygens (including phenoxy) is 1. The third-order valence-corrected chi connectivity index (χ3v) is 3.36. The van der Waals surface area contributed by atoms with Crippen LogP contribution in [-0.2, 0) is 11.2 Å². The first-order valence-electron chi connectivity index (χ1n) is 8.61. The summed E-state index contributed by atoms with van der Waals surface area (Å²) in [6.07, 6.45) is 3.57. The number of rotatable bonds is 10. The van der Waals surface area contributed by atoms with E-state index in [4.69, 9.17) is 4.74 Å². The molecule has 0 unspecified atom stereocenters. The standard InChI is InChI=1S/C19H30N4O2/c1-5-11-20-19(22-15-18(24)23(3)4)21-12-10-16-8-7-9-17(14-16)25-13-6-2/h5,7-9,14H,1,6,10-13,15H2,2-4H3,(H2,20,21,22). The molecule has 0 saturated carbocycles. The Morgan fingerprint density at radius 2 is 2.16 bits per heavy atom. The predicted octanol–water partition coefficient (Wildman–Crippen LogP) is 1.83. The molecule has 1 rings (SSSR count). The number of benzene rings is 1. The molecule has 0 aliphatic rings. The van der Waals surface area contributed by atoms with E-state index in [0.29, 0.717) is 19.0 Å². The van der Waals surface area contributed by atoms with Crippen molar-refractivity contribution < 1.29 is 9.53 Å². The number of amides is 1. The van der Waals surface area contributed by atoms with Gasteiger partial charge in [-0.2, -0.15) is 0 Å². The Bertz CT molecular complexity index is 570. The van der Waals surface area contributed by atoms with Gasteiger partial charge in [-0.15, -0.1) is 6.58 Å². The van der Waals surface area contributed by atoms with Crippen molar-refractivity contribution in [1.29, 1.82) is 0 Å². The summed E-state index contributed by atoms with van der Waals surface area (Å²) < 4.78 is 5.65. The van der Waals surface area contributed by atoms with E-state index in [-0.39, 0.29) is 12.5 Å². The number of carbonyl (C=O) groups is 1. The lowest BCUT2D eigenvalue weighted by molar-refractivity contribution is -0.127. The average molecular weight is 346 g/mol. The van der Waals surface area contributed by atoms with Gasteiger partial charge >= 0.3 is 0 Å². The maximum absolute atomic E-state index is 11.7. The van der Waals surface area contributed by atoms with Crippen molar-refractivity contribution in [2.24, 2.45) is 4.99 Å². The van der Waals surface area contributed by atoms with Gasteiger partial charge in [0.1, 0.15) is 12.3 Å². The number of hydrogen-bond acceptors (Lipinski definition) is 3. The minimum atomic E-state index is -0.0412. The quantitative estimate of drug-likeness (QED) is 0.385. The van der Waals surface area contributed by atoms with Gasteiger partial charge < -0.3 is 20.3 Å². The van der Waals surface area contributed by atoms with Crippen molar-refractivity contribution in [2.75, 3.05) is 40.3 Å². The summed E-state index contributed by atoms with van der Waals surface area (Å²) >= 11 is 0. The SMILES string of the molecule is C=CCNC(=NCC(=O)N(C)C)NCCc1cccc(OCCC)c1. The number of likely N-dealkylation sites (N-methyl/N-ethyl adjacent to an activating group) is 1. The average Bonchev–Trinajstić information content (AvgIpc) is 2.61. The van der Waals surface area contributed by atoms with Gasteiger partial charge in [-0.05, 0) is 30.5 Å². The Labute approximate surface area is 151 Å². The molecule has 1 aromatic rings. The Balaban J connectivity index is 2.54. The van der Waals surface area contributed by atoms with Crippen LogP contribution in [-0.4, -0.2) is 57.1 Å². The summed E-state index contributed by atoms with van der Waals surface area (Å²) in [5, 5.41) is 6.35. The summed E-state index contributed by atoms with van der Waals surface area (Å²) in [6, 6.07) is 8.10. The van der Waals surface area contributed by atoms with Gasteiger partial charge in [0.15, 0.2) is 5.96 Å². The molecule has 0 fully saturated rings. The lowest BCUT2D eigenvalue weighted by Gasteiger charge is -2.13. The fourth-order valence-corrected chi connectivity index (χ4v) is 1.97. The highest BCUT2D eigenvalue weighted by molar-refractivity contribution is 5.84. The maximum Gasteiger partial charge on any atom is 0.243 e. The fraction of sp³-hybridized carbons (Fsp3) is 0.474. The van der Waals surface area contributed by atoms with E-state index >= 15 is 0 Å². The largest absolute Gasteiger partial charge is 0.494 e. The monoisotopic (exact) mass is 346 g/mol. The zero-order valence-corrected chi connectivity index (χ0v) is 15.5. The minimum Gasteiger partial charge on any atom is -0.494 e. The van der Waals surface area contributed by atoms with E-state index in [1.54, 1.807) is 20.2 Å². The lowest BCUT2D eigenvalue weighted by atomic mass is 10.1. The highest BCUT2D eigenvalue weighted by Gasteiger charge is 2.04. The molecule has 6 heteroatoms. The van der Waals surface area contributed by atoms with Gasteiger partial charge in [0, 0.05) is 27.2 Å². The Morgan fingerprint density at radius 3 is 2.84 bits per heavy atom. The van der Waals surface area contributed by atoms with Gasteiger partial charge in [0.25, 0.3) is 0 Å². The molecular weight excluding hydrogens is 316 g/mol. The number of nitrogens with zero attached hydrogens (tertiary/aromatic N) is 2. The molecule has 138 valence electrons. The van der Waals surface area contributed by atoms with E-state index in [0.717, 1.165) is 25.2 Å². The van der Waals surface area contributed by atoms with Crippen molar-refractivity contribution in [3.63, 3.8) is 0 Å². The third-order valence-electron chi connectivity index (χ3n) is 3.36. The summed E-state index contributed by atoms with van der Waals surface area (Å²) in [7, 11) is 3.44. The molecule has 0 aromatic heterocycles.